The Morgan fingerprint density at radius 3 is 2.64 bits per heavy atom. The van der Waals surface area contributed by atoms with Crippen molar-refractivity contribution in [1.29, 1.82) is 0 Å². The average molecular weight is 572 g/mol. The highest BCUT2D eigenvalue weighted by molar-refractivity contribution is 14.0. The van der Waals surface area contributed by atoms with Crippen molar-refractivity contribution >= 4 is 29.9 Å². The van der Waals surface area contributed by atoms with Crippen molar-refractivity contribution in [2.45, 2.75) is 44.9 Å². The SMILES string of the molecule is CN=C(NCCCCCc1nc(-c2ccc(OC)cc2)no1)N(C)CCC1CCOCC1.I. The molecule has 0 atom stereocenters. The lowest BCUT2D eigenvalue weighted by Gasteiger charge is -2.26. The zero-order chi connectivity index (χ0) is 22.6. The van der Waals surface area contributed by atoms with Gasteiger partial charge in [-0.05, 0) is 62.3 Å². The van der Waals surface area contributed by atoms with Crippen molar-refractivity contribution in [3.8, 4) is 17.1 Å². The van der Waals surface area contributed by atoms with E-state index in [2.05, 4.69) is 32.4 Å². The number of hydrogen-bond donors (Lipinski definition) is 1. The monoisotopic (exact) mass is 571 g/mol. The van der Waals surface area contributed by atoms with E-state index in [1.54, 1.807) is 7.11 Å². The van der Waals surface area contributed by atoms with Crippen LogP contribution in [0.5, 0.6) is 5.75 Å². The van der Waals surface area contributed by atoms with Gasteiger partial charge < -0.3 is 24.2 Å². The second-order valence-corrected chi connectivity index (χ2v) is 8.29. The summed E-state index contributed by atoms with van der Waals surface area (Å²) in [5, 5.41) is 7.57. The fourth-order valence-corrected chi connectivity index (χ4v) is 3.89. The summed E-state index contributed by atoms with van der Waals surface area (Å²) in [6, 6.07) is 7.67. The molecule has 2 aromatic rings. The van der Waals surface area contributed by atoms with Gasteiger partial charge in [0.05, 0.1) is 7.11 Å². The Bertz CT molecular complexity index is 822. The first-order valence-electron chi connectivity index (χ1n) is 11.7. The maximum absolute atomic E-state index is 5.45. The third-order valence-electron chi connectivity index (χ3n) is 5.95. The van der Waals surface area contributed by atoms with Crippen LogP contribution in [0.4, 0.5) is 0 Å². The Hall–Kier alpha value is -1.88. The molecule has 1 aliphatic rings. The summed E-state index contributed by atoms with van der Waals surface area (Å²) in [5.41, 5.74) is 0.928. The summed E-state index contributed by atoms with van der Waals surface area (Å²) < 4.78 is 16.0. The molecule has 1 N–H and O–H groups in total. The van der Waals surface area contributed by atoms with Gasteiger partial charge in [-0.1, -0.05) is 11.6 Å². The molecule has 3 rings (SSSR count). The molecule has 1 fully saturated rings. The number of aromatic nitrogens is 2. The number of guanidine groups is 1. The molecular weight excluding hydrogens is 533 g/mol. The Labute approximate surface area is 214 Å². The number of unbranched alkanes of at least 4 members (excludes halogenated alkanes) is 2. The van der Waals surface area contributed by atoms with Gasteiger partial charge in [0.15, 0.2) is 5.96 Å². The van der Waals surface area contributed by atoms with Crippen LogP contribution in [-0.2, 0) is 11.2 Å². The minimum atomic E-state index is 0. The first-order valence-corrected chi connectivity index (χ1v) is 11.7. The van der Waals surface area contributed by atoms with E-state index in [9.17, 15) is 0 Å². The summed E-state index contributed by atoms with van der Waals surface area (Å²) in [5.74, 6) is 3.87. The van der Waals surface area contributed by atoms with Crippen molar-refractivity contribution in [2.75, 3.05) is 47.5 Å². The lowest BCUT2D eigenvalue weighted by molar-refractivity contribution is 0.0625. The number of halogens is 1. The van der Waals surface area contributed by atoms with Crippen molar-refractivity contribution in [3.63, 3.8) is 0 Å². The molecule has 2 heterocycles. The van der Waals surface area contributed by atoms with E-state index in [1.165, 1.54) is 19.3 Å². The molecule has 1 saturated heterocycles. The second-order valence-electron chi connectivity index (χ2n) is 8.29. The van der Waals surface area contributed by atoms with Gasteiger partial charge in [-0.15, -0.1) is 24.0 Å². The Morgan fingerprint density at radius 2 is 1.94 bits per heavy atom. The van der Waals surface area contributed by atoms with Crippen LogP contribution in [0, 0.1) is 5.92 Å². The molecule has 8 nitrogen and oxygen atoms in total. The van der Waals surface area contributed by atoms with Crippen LogP contribution in [-0.4, -0.2) is 68.5 Å². The number of methoxy groups -OCH3 is 1. The summed E-state index contributed by atoms with van der Waals surface area (Å²) in [4.78, 5) is 11.2. The van der Waals surface area contributed by atoms with Crippen LogP contribution in [0.25, 0.3) is 11.4 Å². The number of hydrogen-bond acceptors (Lipinski definition) is 6. The second kappa shape index (κ2) is 15.1. The lowest BCUT2D eigenvalue weighted by Crippen LogP contribution is -2.40. The summed E-state index contributed by atoms with van der Waals surface area (Å²) in [6.45, 7) is 3.76. The van der Waals surface area contributed by atoms with E-state index in [-0.39, 0.29) is 24.0 Å². The van der Waals surface area contributed by atoms with Gasteiger partial charge in [-0.2, -0.15) is 4.98 Å². The molecule has 0 aliphatic carbocycles. The number of nitrogens with one attached hydrogen (secondary N) is 1. The maximum Gasteiger partial charge on any atom is 0.226 e. The molecule has 1 aromatic carbocycles. The number of rotatable bonds is 11. The summed E-state index contributed by atoms with van der Waals surface area (Å²) in [6.07, 6.45) is 7.54. The molecular formula is C24H38IN5O3. The van der Waals surface area contributed by atoms with Crippen molar-refractivity contribution in [2.24, 2.45) is 10.9 Å². The quantitative estimate of drug-likeness (QED) is 0.185. The fourth-order valence-electron chi connectivity index (χ4n) is 3.89. The number of ether oxygens (including phenoxy) is 2. The van der Waals surface area contributed by atoms with Gasteiger partial charge in [-0.3, -0.25) is 4.99 Å². The predicted octanol–water partition coefficient (Wildman–Crippen LogP) is 4.40. The van der Waals surface area contributed by atoms with Gasteiger partial charge in [0.25, 0.3) is 0 Å². The Morgan fingerprint density at radius 1 is 1.18 bits per heavy atom. The maximum atomic E-state index is 5.45. The first-order chi connectivity index (χ1) is 15.7. The molecule has 0 amide bonds. The molecule has 33 heavy (non-hydrogen) atoms. The van der Waals surface area contributed by atoms with Crippen LogP contribution in [0.1, 0.15) is 44.4 Å². The standard InChI is InChI=1S/C24H37N5O3.HI/c1-25-24(29(2)16-12-19-13-17-31-18-14-19)26-15-6-4-5-7-22-27-23(28-32-22)20-8-10-21(30-3)11-9-20;/h8-11,19H,4-7,12-18H2,1-3H3,(H,25,26);1H. The summed E-state index contributed by atoms with van der Waals surface area (Å²) in [7, 11) is 5.62. The fraction of sp³-hybridized carbons (Fsp3) is 0.625. The zero-order valence-electron chi connectivity index (χ0n) is 20.1. The van der Waals surface area contributed by atoms with E-state index in [1.807, 2.05) is 31.3 Å². The Balaban J connectivity index is 0.00000385. The third-order valence-corrected chi connectivity index (χ3v) is 5.95. The highest BCUT2D eigenvalue weighted by atomic mass is 127. The molecule has 0 radical (unpaired) electrons. The minimum absolute atomic E-state index is 0. The molecule has 0 spiro atoms. The topological polar surface area (TPSA) is 85.0 Å². The van der Waals surface area contributed by atoms with Gasteiger partial charge in [0, 0.05) is 52.4 Å². The molecule has 184 valence electrons. The van der Waals surface area contributed by atoms with Crippen LogP contribution in [0.2, 0.25) is 0 Å². The lowest BCUT2D eigenvalue weighted by atomic mass is 9.96. The predicted molar refractivity (Wildman–Crippen MR) is 141 cm³/mol. The number of nitrogens with zero attached hydrogens (tertiary/aromatic N) is 4. The van der Waals surface area contributed by atoms with E-state index in [0.717, 1.165) is 75.2 Å². The average Bonchev–Trinajstić information content (AvgIpc) is 3.32. The highest BCUT2D eigenvalue weighted by Gasteiger charge is 2.15. The third kappa shape index (κ3) is 9.11. The Kier molecular flexibility index (Phi) is 12.5. The van der Waals surface area contributed by atoms with Gasteiger partial charge in [-0.25, -0.2) is 0 Å². The van der Waals surface area contributed by atoms with Crippen molar-refractivity contribution in [1.82, 2.24) is 20.4 Å². The highest BCUT2D eigenvalue weighted by Crippen LogP contribution is 2.20. The molecule has 0 bridgehead atoms. The first kappa shape index (κ1) is 27.4. The normalized spacial score (nSPS) is 14.6. The van der Waals surface area contributed by atoms with Crippen molar-refractivity contribution < 1.29 is 14.0 Å². The molecule has 0 saturated carbocycles. The van der Waals surface area contributed by atoms with Crippen molar-refractivity contribution in [3.05, 3.63) is 30.2 Å². The van der Waals surface area contributed by atoms with E-state index < -0.39 is 0 Å². The molecule has 1 aromatic heterocycles. The zero-order valence-corrected chi connectivity index (χ0v) is 22.4. The van der Waals surface area contributed by atoms with Crippen LogP contribution in [0.3, 0.4) is 0 Å². The molecule has 1 aliphatic heterocycles. The number of benzene rings is 1. The number of aryl methyl sites for hydroxylation is 1. The van der Waals surface area contributed by atoms with Crippen LogP contribution >= 0.6 is 24.0 Å². The van der Waals surface area contributed by atoms with Gasteiger partial charge in [0.2, 0.25) is 11.7 Å². The van der Waals surface area contributed by atoms with Crippen LogP contribution in [0.15, 0.2) is 33.8 Å². The number of aliphatic imine (C=N–C) groups is 1. The minimum Gasteiger partial charge on any atom is -0.497 e. The smallest absolute Gasteiger partial charge is 0.226 e. The van der Waals surface area contributed by atoms with E-state index in [0.29, 0.717) is 11.7 Å². The van der Waals surface area contributed by atoms with Gasteiger partial charge in [0.1, 0.15) is 5.75 Å². The molecule has 0 unspecified atom stereocenters. The van der Waals surface area contributed by atoms with Gasteiger partial charge >= 0.3 is 0 Å². The molecule has 9 heteroatoms. The van der Waals surface area contributed by atoms with E-state index in [4.69, 9.17) is 14.0 Å². The van der Waals surface area contributed by atoms with Crippen LogP contribution < -0.4 is 10.1 Å². The largest absolute Gasteiger partial charge is 0.497 e. The summed E-state index contributed by atoms with van der Waals surface area (Å²) >= 11 is 0. The van der Waals surface area contributed by atoms with E-state index >= 15 is 0 Å².